The molecule has 0 aromatic carbocycles. The molecule has 0 nitrogen and oxygen atoms in total. The zero-order valence-electron chi connectivity index (χ0n) is 9.36. The summed E-state index contributed by atoms with van der Waals surface area (Å²) in [7, 11) is 0. The number of hydrogen-bond acceptors (Lipinski definition) is 0. The van der Waals surface area contributed by atoms with Gasteiger partial charge in [0.15, 0.2) is 0 Å². The van der Waals surface area contributed by atoms with Crippen LogP contribution in [0, 0.1) is 0 Å². The predicted molar refractivity (Wildman–Crippen MR) is 66.6 cm³/mol. The fraction of sp³-hybridized carbons (Fsp3) is 0.385. The van der Waals surface area contributed by atoms with E-state index in [2.05, 4.69) is 33.1 Å². The third-order valence-electron chi connectivity index (χ3n) is 2.15. The van der Waals surface area contributed by atoms with Gasteiger partial charge >= 0.3 is 0 Å². The molecule has 0 bridgehead atoms. The second-order valence-corrected chi connectivity index (χ2v) is 3.56. The molecule has 78 valence electrons. The maximum atomic E-state index is 5.95. The molecule has 0 aromatic heterocycles. The number of rotatable bonds is 5. The highest BCUT2D eigenvalue weighted by atomic mass is 35.5. The normalized spacial score (nSPS) is 12.9. The van der Waals surface area contributed by atoms with Crippen molar-refractivity contribution < 1.29 is 0 Å². The lowest BCUT2D eigenvalue weighted by atomic mass is 9.97. The molecule has 0 amide bonds. The summed E-state index contributed by atoms with van der Waals surface area (Å²) in [6, 6.07) is 0. The Kier molecular flexibility index (Phi) is 6.31. The van der Waals surface area contributed by atoms with Crippen LogP contribution in [-0.4, -0.2) is 0 Å². The Bertz CT molecular complexity index is 280. The Morgan fingerprint density at radius 2 is 1.79 bits per heavy atom. The summed E-state index contributed by atoms with van der Waals surface area (Å²) in [5, 5.41) is 0.621. The van der Waals surface area contributed by atoms with Gasteiger partial charge in [-0.1, -0.05) is 50.8 Å². The molecule has 0 heterocycles. The number of halogens is 1. The molecule has 0 aliphatic heterocycles. The summed E-state index contributed by atoms with van der Waals surface area (Å²) in [5.74, 6) is 0. The van der Waals surface area contributed by atoms with Gasteiger partial charge in [-0.15, -0.1) is 0 Å². The fourth-order valence-corrected chi connectivity index (χ4v) is 1.55. The van der Waals surface area contributed by atoms with Crippen molar-refractivity contribution in [3.05, 3.63) is 47.1 Å². The van der Waals surface area contributed by atoms with E-state index in [0.29, 0.717) is 5.03 Å². The number of hydrogen-bond donors (Lipinski definition) is 0. The first-order chi connectivity index (χ1) is 6.58. The van der Waals surface area contributed by atoms with Crippen LogP contribution in [0.15, 0.2) is 47.1 Å². The average Bonchev–Trinajstić information content (AvgIpc) is 2.16. The average molecular weight is 211 g/mol. The molecule has 0 saturated carbocycles. The van der Waals surface area contributed by atoms with Gasteiger partial charge < -0.3 is 0 Å². The van der Waals surface area contributed by atoms with Gasteiger partial charge in [0.2, 0.25) is 0 Å². The topological polar surface area (TPSA) is 0 Å². The van der Waals surface area contributed by atoms with Crippen molar-refractivity contribution in [2.24, 2.45) is 0 Å². The van der Waals surface area contributed by atoms with Crippen LogP contribution in [0.5, 0.6) is 0 Å². The van der Waals surface area contributed by atoms with Crippen LogP contribution in [0.3, 0.4) is 0 Å². The first-order valence-electron chi connectivity index (χ1n) is 4.97. The third-order valence-corrected chi connectivity index (χ3v) is 2.38. The summed E-state index contributed by atoms with van der Waals surface area (Å²) in [5.41, 5.74) is 3.34. The van der Waals surface area contributed by atoms with E-state index >= 15 is 0 Å². The zero-order chi connectivity index (χ0) is 11.1. The Hall–Kier alpha value is -0.750. The van der Waals surface area contributed by atoms with Crippen LogP contribution in [0.1, 0.15) is 33.6 Å². The van der Waals surface area contributed by atoms with Crippen molar-refractivity contribution in [1.82, 2.24) is 0 Å². The Morgan fingerprint density at radius 3 is 2.07 bits per heavy atom. The first-order valence-corrected chi connectivity index (χ1v) is 5.34. The molecule has 0 spiro atoms. The Morgan fingerprint density at radius 1 is 1.21 bits per heavy atom. The van der Waals surface area contributed by atoms with Crippen molar-refractivity contribution in [3.8, 4) is 0 Å². The summed E-state index contributed by atoms with van der Waals surface area (Å²) < 4.78 is 0. The highest BCUT2D eigenvalue weighted by Gasteiger charge is 2.06. The minimum absolute atomic E-state index is 0.621. The van der Waals surface area contributed by atoms with Crippen molar-refractivity contribution in [3.63, 3.8) is 0 Å². The van der Waals surface area contributed by atoms with E-state index in [1.54, 1.807) is 0 Å². The zero-order valence-corrected chi connectivity index (χ0v) is 10.1. The van der Waals surface area contributed by atoms with E-state index < -0.39 is 0 Å². The maximum absolute atomic E-state index is 5.95. The summed E-state index contributed by atoms with van der Waals surface area (Å²) in [6.07, 6.45) is 5.89. The molecular weight excluding hydrogens is 192 g/mol. The summed E-state index contributed by atoms with van der Waals surface area (Å²) >= 11 is 5.95. The molecule has 0 fully saturated rings. The molecule has 14 heavy (non-hydrogen) atoms. The predicted octanol–water partition coefficient (Wildman–Crippen LogP) is 4.99. The fourth-order valence-electron chi connectivity index (χ4n) is 1.32. The Labute approximate surface area is 92.7 Å². The molecule has 0 rings (SSSR count). The lowest BCUT2D eigenvalue weighted by Gasteiger charge is -2.11. The molecule has 0 saturated heterocycles. The summed E-state index contributed by atoms with van der Waals surface area (Å²) in [4.78, 5) is 0. The van der Waals surface area contributed by atoms with Gasteiger partial charge in [-0.3, -0.25) is 0 Å². The van der Waals surface area contributed by atoms with Crippen molar-refractivity contribution >= 4 is 11.6 Å². The minimum Gasteiger partial charge on any atom is -0.0952 e. The van der Waals surface area contributed by atoms with Gasteiger partial charge in [-0.05, 0) is 36.5 Å². The van der Waals surface area contributed by atoms with E-state index in [4.69, 9.17) is 11.6 Å². The number of allylic oxidation sites excluding steroid dienone is 6. The molecule has 0 radical (unpaired) electrons. The van der Waals surface area contributed by atoms with Gasteiger partial charge in [0.05, 0.1) is 0 Å². The van der Waals surface area contributed by atoms with Crippen LogP contribution in [0.4, 0.5) is 0 Å². The van der Waals surface area contributed by atoms with Gasteiger partial charge in [0.1, 0.15) is 0 Å². The summed E-state index contributed by atoms with van der Waals surface area (Å²) in [6.45, 7) is 14.0. The molecule has 0 atom stereocenters. The molecule has 0 aliphatic carbocycles. The molecule has 0 unspecified atom stereocenters. The monoisotopic (exact) mass is 210 g/mol. The van der Waals surface area contributed by atoms with Crippen molar-refractivity contribution in [2.45, 2.75) is 33.6 Å². The van der Waals surface area contributed by atoms with Gasteiger partial charge in [-0.2, -0.15) is 0 Å². The second-order valence-electron chi connectivity index (χ2n) is 3.11. The smallest absolute Gasteiger partial charge is 0.0372 e. The standard InChI is InChI=1S/C13H19Cl/c1-6-9-13(10(4)7-2)12(8-3)11(5)14/h6,9H,4-5,7-8H2,1-3H3/b9-6-,13-12+. The largest absolute Gasteiger partial charge is 0.0952 e. The van der Waals surface area contributed by atoms with Crippen molar-refractivity contribution in [1.29, 1.82) is 0 Å². The van der Waals surface area contributed by atoms with Gasteiger partial charge in [0, 0.05) is 5.03 Å². The van der Waals surface area contributed by atoms with Crippen LogP contribution in [0.25, 0.3) is 0 Å². The lowest BCUT2D eigenvalue weighted by Crippen LogP contribution is -1.92. The van der Waals surface area contributed by atoms with E-state index in [0.717, 1.165) is 29.6 Å². The third kappa shape index (κ3) is 3.55. The van der Waals surface area contributed by atoms with Crippen LogP contribution in [-0.2, 0) is 0 Å². The molecule has 0 N–H and O–H groups in total. The Balaban J connectivity index is 5.30. The van der Waals surface area contributed by atoms with Crippen LogP contribution in [0.2, 0.25) is 0 Å². The first kappa shape index (κ1) is 13.2. The quantitative estimate of drug-likeness (QED) is 0.561. The molecule has 0 aromatic rings. The lowest BCUT2D eigenvalue weighted by molar-refractivity contribution is 1.07. The van der Waals surface area contributed by atoms with Crippen LogP contribution < -0.4 is 0 Å². The van der Waals surface area contributed by atoms with Crippen molar-refractivity contribution in [2.75, 3.05) is 0 Å². The van der Waals surface area contributed by atoms with E-state index in [1.165, 1.54) is 0 Å². The minimum atomic E-state index is 0.621. The second kappa shape index (κ2) is 6.67. The van der Waals surface area contributed by atoms with E-state index in [-0.39, 0.29) is 0 Å². The van der Waals surface area contributed by atoms with Gasteiger partial charge in [-0.25, -0.2) is 0 Å². The van der Waals surface area contributed by atoms with Crippen LogP contribution >= 0.6 is 11.6 Å². The molecule has 0 aliphatic rings. The highest BCUT2D eigenvalue weighted by Crippen LogP contribution is 2.26. The SMILES string of the molecule is C=C(CC)C(/C=C\C)=C(\CC)C(=C)Cl. The molecule has 1 heteroatoms. The van der Waals surface area contributed by atoms with Gasteiger partial charge in [0.25, 0.3) is 0 Å². The van der Waals surface area contributed by atoms with E-state index in [9.17, 15) is 0 Å². The highest BCUT2D eigenvalue weighted by molar-refractivity contribution is 6.31. The maximum Gasteiger partial charge on any atom is 0.0372 e. The molecular formula is C13H19Cl. The van der Waals surface area contributed by atoms with E-state index in [1.807, 2.05) is 13.0 Å².